The molecule has 0 saturated carbocycles. The Kier molecular flexibility index (Phi) is 4.64. The van der Waals surface area contributed by atoms with Crippen molar-refractivity contribution in [2.24, 2.45) is 7.05 Å². The zero-order chi connectivity index (χ0) is 15.5. The zero-order valence-electron chi connectivity index (χ0n) is 12.4. The van der Waals surface area contributed by atoms with Gasteiger partial charge in [0.1, 0.15) is 0 Å². The molecular weight excluding hydrogens is 288 g/mol. The summed E-state index contributed by atoms with van der Waals surface area (Å²) in [7, 11) is -1.92. The molecule has 1 aromatic carbocycles. The monoisotopic (exact) mass is 308 g/mol. The Bertz CT molecular complexity index is 709. The molecule has 1 atom stereocenters. The molecule has 0 spiro atoms. The molecule has 7 heteroatoms. The lowest BCUT2D eigenvalue weighted by atomic mass is 10.1. The second-order valence-corrected chi connectivity index (χ2v) is 6.52. The Labute approximate surface area is 125 Å². The van der Waals surface area contributed by atoms with Crippen LogP contribution in [-0.4, -0.2) is 24.5 Å². The van der Waals surface area contributed by atoms with Crippen LogP contribution in [0.3, 0.4) is 0 Å². The fraction of sp³-hybridized carbons (Fsp3) is 0.357. The molecule has 0 aliphatic rings. The molecule has 0 fully saturated rings. The van der Waals surface area contributed by atoms with Gasteiger partial charge in [-0.15, -0.1) is 0 Å². The van der Waals surface area contributed by atoms with Crippen LogP contribution < -0.4 is 10.0 Å². The summed E-state index contributed by atoms with van der Waals surface area (Å²) in [5.74, 6) is 0. The van der Waals surface area contributed by atoms with E-state index in [-0.39, 0.29) is 11.1 Å². The van der Waals surface area contributed by atoms with Gasteiger partial charge in [0.05, 0.1) is 6.33 Å². The number of nitrogens with zero attached hydrogens (tertiary/aromatic N) is 2. The Morgan fingerprint density at radius 3 is 2.76 bits per heavy atom. The topological polar surface area (TPSA) is 76.0 Å². The normalized spacial score (nSPS) is 13.1. The third-order valence-electron chi connectivity index (χ3n) is 3.11. The summed E-state index contributed by atoms with van der Waals surface area (Å²) in [6.07, 6.45) is 2.92. The van der Waals surface area contributed by atoms with Gasteiger partial charge >= 0.3 is 0 Å². The molecule has 21 heavy (non-hydrogen) atoms. The number of hydrogen-bond acceptors (Lipinski definition) is 4. The van der Waals surface area contributed by atoms with Gasteiger partial charge in [0, 0.05) is 25.0 Å². The highest BCUT2D eigenvalue weighted by Crippen LogP contribution is 2.19. The molecule has 0 saturated heterocycles. The maximum absolute atomic E-state index is 12.2. The average molecular weight is 308 g/mol. The molecule has 0 bridgehead atoms. The summed E-state index contributed by atoms with van der Waals surface area (Å²) in [6, 6.07) is 7.51. The molecule has 1 aromatic heterocycles. The van der Waals surface area contributed by atoms with Crippen LogP contribution in [0.1, 0.15) is 25.5 Å². The van der Waals surface area contributed by atoms with Crippen LogP contribution in [0.4, 0.5) is 5.69 Å². The van der Waals surface area contributed by atoms with Crippen LogP contribution in [0.25, 0.3) is 0 Å². The number of sulfonamides is 1. The summed E-state index contributed by atoms with van der Waals surface area (Å²) in [6.45, 7) is 4.92. The van der Waals surface area contributed by atoms with Gasteiger partial charge in [-0.05, 0) is 31.2 Å². The van der Waals surface area contributed by atoms with Crippen molar-refractivity contribution in [3.05, 3.63) is 42.4 Å². The third kappa shape index (κ3) is 3.83. The summed E-state index contributed by atoms with van der Waals surface area (Å²) in [5.41, 5.74) is 1.56. The Morgan fingerprint density at radius 1 is 1.38 bits per heavy atom. The van der Waals surface area contributed by atoms with E-state index in [4.69, 9.17) is 0 Å². The van der Waals surface area contributed by atoms with Crippen molar-refractivity contribution in [3.63, 3.8) is 0 Å². The van der Waals surface area contributed by atoms with Gasteiger partial charge < -0.3 is 9.88 Å². The average Bonchev–Trinajstić information content (AvgIpc) is 2.86. The van der Waals surface area contributed by atoms with Crippen LogP contribution in [0.15, 0.2) is 41.8 Å². The summed E-state index contributed by atoms with van der Waals surface area (Å²) in [5, 5.41) is 3.30. The van der Waals surface area contributed by atoms with E-state index in [9.17, 15) is 8.42 Å². The Hall–Kier alpha value is -1.86. The second kappa shape index (κ2) is 6.28. The van der Waals surface area contributed by atoms with Crippen molar-refractivity contribution < 1.29 is 8.42 Å². The number of aryl methyl sites for hydroxylation is 1. The van der Waals surface area contributed by atoms with Crippen LogP contribution in [0, 0.1) is 0 Å². The van der Waals surface area contributed by atoms with Gasteiger partial charge in [-0.25, -0.2) is 4.98 Å². The first-order valence-electron chi connectivity index (χ1n) is 6.76. The number of nitrogens with one attached hydrogen (secondary N) is 2. The summed E-state index contributed by atoms with van der Waals surface area (Å²) < 4.78 is 28.6. The highest BCUT2D eigenvalue weighted by molar-refractivity contribution is 7.92. The van der Waals surface area contributed by atoms with Crippen molar-refractivity contribution in [2.75, 3.05) is 11.3 Å². The van der Waals surface area contributed by atoms with Crippen LogP contribution in [0.2, 0.25) is 0 Å². The highest BCUT2D eigenvalue weighted by atomic mass is 32.2. The number of benzene rings is 1. The molecule has 114 valence electrons. The first kappa shape index (κ1) is 15.5. The molecule has 2 aromatic rings. The van der Waals surface area contributed by atoms with Crippen LogP contribution >= 0.6 is 0 Å². The number of hydrogen-bond donors (Lipinski definition) is 2. The van der Waals surface area contributed by atoms with E-state index in [0.717, 1.165) is 12.1 Å². The van der Waals surface area contributed by atoms with E-state index in [1.807, 2.05) is 32.0 Å². The number of aromatic nitrogens is 2. The number of anilines is 1. The van der Waals surface area contributed by atoms with Gasteiger partial charge in [-0.1, -0.05) is 19.1 Å². The molecule has 0 aliphatic carbocycles. The Morgan fingerprint density at radius 2 is 2.14 bits per heavy atom. The standard InChI is InChI=1S/C14H20N4O2S/c1-4-15-11(2)12-6-5-7-13(8-12)17-21(19,20)14-9-18(3)10-16-14/h5-11,15,17H,4H2,1-3H3. The smallest absolute Gasteiger partial charge is 0.280 e. The van der Waals surface area contributed by atoms with E-state index in [0.29, 0.717) is 5.69 Å². The van der Waals surface area contributed by atoms with Crippen molar-refractivity contribution in [1.82, 2.24) is 14.9 Å². The second-order valence-electron chi connectivity index (χ2n) is 4.89. The number of imidazole rings is 1. The van der Waals surface area contributed by atoms with Gasteiger partial charge in [0.2, 0.25) is 0 Å². The lowest BCUT2D eigenvalue weighted by Crippen LogP contribution is -2.18. The minimum Gasteiger partial charge on any atom is -0.339 e. The van der Waals surface area contributed by atoms with Gasteiger partial charge in [0.25, 0.3) is 10.0 Å². The summed E-state index contributed by atoms with van der Waals surface area (Å²) >= 11 is 0. The maximum Gasteiger partial charge on any atom is 0.280 e. The lowest BCUT2D eigenvalue weighted by molar-refractivity contribution is 0.596. The first-order chi connectivity index (χ1) is 9.92. The molecular formula is C14H20N4O2S. The van der Waals surface area contributed by atoms with Crippen molar-refractivity contribution >= 4 is 15.7 Å². The SMILES string of the molecule is CCNC(C)c1cccc(NS(=O)(=O)c2cn(C)cn2)c1. The fourth-order valence-corrected chi connectivity index (χ4v) is 3.06. The van der Waals surface area contributed by atoms with E-state index in [1.54, 1.807) is 17.7 Å². The Balaban J connectivity index is 2.21. The van der Waals surface area contributed by atoms with E-state index in [1.165, 1.54) is 12.5 Å². The van der Waals surface area contributed by atoms with Crippen molar-refractivity contribution in [1.29, 1.82) is 0 Å². The van der Waals surface area contributed by atoms with E-state index >= 15 is 0 Å². The van der Waals surface area contributed by atoms with Crippen LogP contribution in [0.5, 0.6) is 0 Å². The first-order valence-corrected chi connectivity index (χ1v) is 8.25. The van der Waals surface area contributed by atoms with E-state index < -0.39 is 10.0 Å². The quantitative estimate of drug-likeness (QED) is 0.854. The van der Waals surface area contributed by atoms with Gasteiger partial charge in [-0.3, -0.25) is 4.72 Å². The third-order valence-corrected chi connectivity index (χ3v) is 4.37. The predicted octanol–water partition coefficient (Wildman–Crippen LogP) is 1.89. The zero-order valence-corrected chi connectivity index (χ0v) is 13.2. The molecule has 2 N–H and O–H groups in total. The van der Waals surface area contributed by atoms with Crippen molar-refractivity contribution in [2.45, 2.75) is 24.9 Å². The largest absolute Gasteiger partial charge is 0.339 e. The minimum absolute atomic E-state index is 0.00938. The van der Waals surface area contributed by atoms with Crippen molar-refractivity contribution in [3.8, 4) is 0 Å². The molecule has 1 unspecified atom stereocenters. The highest BCUT2D eigenvalue weighted by Gasteiger charge is 2.17. The number of rotatable bonds is 6. The molecule has 6 nitrogen and oxygen atoms in total. The van der Waals surface area contributed by atoms with Gasteiger partial charge in [-0.2, -0.15) is 8.42 Å². The van der Waals surface area contributed by atoms with Gasteiger partial charge in [0.15, 0.2) is 5.03 Å². The predicted molar refractivity (Wildman–Crippen MR) is 82.6 cm³/mol. The molecule has 1 heterocycles. The van der Waals surface area contributed by atoms with Crippen LogP contribution in [-0.2, 0) is 17.1 Å². The van der Waals surface area contributed by atoms with E-state index in [2.05, 4.69) is 15.0 Å². The molecule has 0 amide bonds. The molecule has 2 rings (SSSR count). The molecule has 0 aliphatic heterocycles. The lowest BCUT2D eigenvalue weighted by Gasteiger charge is -2.14. The summed E-state index contributed by atoms with van der Waals surface area (Å²) in [4.78, 5) is 3.87. The maximum atomic E-state index is 12.2. The molecule has 0 radical (unpaired) electrons. The minimum atomic E-state index is -3.65. The fourth-order valence-electron chi connectivity index (χ4n) is 2.03.